The molecule has 0 spiro atoms. The topological polar surface area (TPSA) is 95.4 Å². The predicted octanol–water partition coefficient (Wildman–Crippen LogP) is 3.42. The molecule has 3 rings (SSSR count). The maximum absolute atomic E-state index is 12.9. The minimum Gasteiger partial charge on any atom is -0.463 e. The number of hydrogen-bond acceptors (Lipinski definition) is 7. The van der Waals surface area contributed by atoms with Crippen molar-refractivity contribution in [3.05, 3.63) is 45.3 Å². The Kier molecular flexibility index (Phi) is 4.93. The molecule has 0 fully saturated rings. The summed E-state index contributed by atoms with van der Waals surface area (Å²) in [6.07, 6.45) is 1.40. The fourth-order valence-corrected chi connectivity index (χ4v) is 3.36. The van der Waals surface area contributed by atoms with Gasteiger partial charge in [-0.1, -0.05) is 13.8 Å². The van der Waals surface area contributed by atoms with Crippen molar-refractivity contribution >= 4 is 28.3 Å². The standard InChI is InChI=1S/C19H20N2O4S/c1-9(2)16(20)19(23)25-12-5-10(3)15-14(6-12)24-7-13(17(15)22)18-21-11(4)8-26-18/h5-9,16H,20H2,1-4H3. The molecule has 2 aromatic heterocycles. The second-order valence-corrected chi connectivity index (χ2v) is 7.43. The Bertz CT molecular complexity index is 1040. The molecule has 0 aliphatic rings. The van der Waals surface area contributed by atoms with Gasteiger partial charge in [-0.15, -0.1) is 11.3 Å². The van der Waals surface area contributed by atoms with E-state index in [1.165, 1.54) is 23.7 Å². The largest absolute Gasteiger partial charge is 0.463 e. The minimum atomic E-state index is -0.714. The smallest absolute Gasteiger partial charge is 0.328 e. The molecule has 1 aromatic carbocycles. The number of esters is 1. The van der Waals surface area contributed by atoms with Crippen LogP contribution in [0.2, 0.25) is 0 Å². The van der Waals surface area contributed by atoms with Crippen LogP contribution in [0.15, 0.2) is 33.0 Å². The molecular formula is C19H20N2O4S. The Balaban J connectivity index is 2.03. The van der Waals surface area contributed by atoms with Crippen LogP contribution in [-0.4, -0.2) is 17.0 Å². The highest BCUT2D eigenvalue weighted by atomic mass is 32.1. The van der Waals surface area contributed by atoms with Gasteiger partial charge in [-0.25, -0.2) is 9.78 Å². The predicted molar refractivity (Wildman–Crippen MR) is 102 cm³/mol. The van der Waals surface area contributed by atoms with Gasteiger partial charge in [0.15, 0.2) is 0 Å². The molecule has 0 radical (unpaired) electrons. The van der Waals surface area contributed by atoms with Gasteiger partial charge < -0.3 is 14.9 Å². The highest BCUT2D eigenvalue weighted by Crippen LogP contribution is 2.27. The summed E-state index contributed by atoms with van der Waals surface area (Å²) in [7, 11) is 0. The van der Waals surface area contributed by atoms with Crippen LogP contribution in [0, 0.1) is 19.8 Å². The Hall–Kier alpha value is -2.51. The molecule has 26 heavy (non-hydrogen) atoms. The van der Waals surface area contributed by atoms with E-state index in [0.717, 1.165) is 5.69 Å². The number of thiazole rings is 1. The van der Waals surface area contributed by atoms with Gasteiger partial charge in [0, 0.05) is 17.1 Å². The number of benzene rings is 1. The average Bonchev–Trinajstić information content (AvgIpc) is 3.00. The van der Waals surface area contributed by atoms with Gasteiger partial charge in [0.25, 0.3) is 0 Å². The quantitative estimate of drug-likeness (QED) is 0.557. The zero-order valence-corrected chi connectivity index (χ0v) is 15.8. The Morgan fingerprint density at radius 1 is 1.31 bits per heavy atom. The third-order valence-corrected chi connectivity index (χ3v) is 5.10. The molecule has 0 saturated carbocycles. The second-order valence-electron chi connectivity index (χ2n) is 6.58. The third kappa shape index (κ3) is 3.40. The van der Waals surface area contributed by atoms with E-state index in [2.05, 4.69) is 4.98 Å². The van der Waals surface area contributed by atoms with Crippen LogP contribution >= 0.6 is 11.3 Å². The summed E-state index contributed by atoms with van der Waals surface area (Å²) in [6, 6.07) is 2.46. The number of aromatic nitrogens is 1. The molecule has 0 amide bonds. The lowest BCUT2D eigenvalue weighted by atomic mass is 10.1. The van der Waals surface area contributed by atoms with E-state index in [9.17, 15) is 9.59 Å². The summed E-state index contributed by atoms with van der Waals surface area (Å²) >= 11 is 1.39. The van der Waals surface area contributed by atoms with Crippen LogP contribution in [0.25, 0.3) is 21.5 Å². The summed E-state index contributed by atoms with van der Waals surface area (Å²) in [4.78, 5) is 29.3. The molecule has 2 N–H and O–H groups in total. The zero-order valence-electron chi connectivity index (χ0n) is 15.0. The summed E-state index contributed by atoms with van der Waals surface area (Å²) in [5.41, 5.74) is 7.95. The first-order valence-corrected chi connectivity index (χ1v) is 9.12. The van der Waals surface area contributed by atoms with E-state index < -0.39 is 12.0 Å². The summed E-state index contributed by atoms with van der Waals surface area (Å²) in [5, 5.41) is 2.95. The molecule has 1 unspecified atom stereocenters. The molecular weight excluding hydrogens is 352 g/mol. The normalized spacial score (nSPS) is 12.5. The van der Waals surface area contributed by atoms with Gasteiger partial charge in [-0.2, -0.15) is 0 Å². The number of ether oxygens (including phenoxy) is 1. The minimum absolute atomic E-state index is 0.0358. The second kappa shape index (κ2) is 7.01. The van der Waals surface area contributed by atoms with Gasteiger partial charge in [0.05, 0.1) is 10.9 Å². The number of nitrogens with two attached hydrogens (primary N) is 1. The Morgan fingerprint density at radius 3 is 2.65 bits per heavy atom. The monoisotopic (exact) mass is 372 g/mol. The zero-order chi connectivity index (χ0) is 19.0. The number of hydrogen-bond donors (Lipinski definition) is 1. The summed E-state index contributed by atoms with van der Waals surface area (Å²) in [5.74, 6) is -0.251. The van der Waals surface area contributed by atoms with Crippen LogP contribution in [0.3, 0.4) is 0 Å². The maximum Gasteiger partial charge on any atom is 0.328 e. The molecule has 7 heteroatoms. The molecule has 0 aliphatic carbocycles. The lowest BCUT2D eigenvalue weighted by Gasteiger charge is -2.14. The fourth-order valence-electron chi connectivity index (χ4n) is 2.56. The van der Waals surface area contributed by atoms with E-state index >= 15 is 0 Å². The molecule has 1 atom stereocenters. The number of rotatable bonds is 4. The average molecular weight is 372 g/mol. The molecule has 136 valence electrons. The summed E-state index contributed by atoms with van der Waals surface area (Å²) in [6.45, 7) is 7.34. The molecule has 3 aromatic rings. The van der Waals surface area contributed by atoms with Gasteiger partial charge >= 0.3 is 5.97 Å². The highest BCUT2D eigenvalue weighted by molar-refractivity contribution is 7.13. The van der Waals surface area contributed by atoms with E-state index in [-0.39, 0.29) is 11.3 Å². The first-order valence-electron chi connectivity index (χ1n) is 8.24. The molecule has 2 heterocycles. The first-order chi connectivity index (χ1) is 12.3. The van der Waals surface area contributed by atoms with Crippen molar-refractivity contribution < 1.29 is 13.9 Å². The number of fused-ring (bicyclic) bond motifs is 1. The molecule has 0 aliphatic heterocycles. The van der Waals surface area contributed by atoms with Crippen molar-refractivity contribution in [2.45, 2.75) is 33.7 Å². The van der Waals surface area contributed by atoms with Crippen molar-refractivity contribution in [3.8, 4) is 16.3 Å². The van der Waals surface area contributed by atoms with Gasteiger partial charge in [0.2, 0.25) is 5.43 Å². The van der Waals surface area contributed by atoms with E-state index in [0.29, 0.717) is 32.9 Å². The van der Waals surface area contributed by atoms with Gasteiger partial charge in [-0.05, 0) is 31.4 Å². The molecule has 0 saturated heterocycles. The van der Waals surface area contributed by atoms with E-state index in [1.54, 1.807) is 13.0 Å². The van der Waals surface area contributed by atoms with Crippen LogP contribution in [0.5, 0.6) is 5.75 Å². The maximum atomic E-state index is 12.9. The van der Waals surface area contributed by atoms with Gasteiger partial charge in [-0.3, -0.25) is 4.79 Å². The Morgan fingerprint density at radius 2 is 2.04 bits per heavy atom. The van der Waals surface area contributed by atoms with Crippen LogP contribution in [0.1, 0.15) is 25.1 Å². The molecule has 6 nitrogen and oxygen atoms in total. The van der Waals surface area contributed by atoms with E-state index in [4.69, 9.17) is 14.9 Å². The van der Waals surface area contributed by atoms with Crippen LogP contribution in [-0.2, 0) is 4.79 Å². The number of carbonyl (C=O) groups excluding carboxylic acids is 1. The van der Waals surface area contributed by atoms with Crippen molar-refractivity contribution in [1.29, 1.82) is 0 Å². The highest BCUT2D eigenvalue weighted by Gasteiger charge is 2.21. The summed E-state index contributed by atoms with van der Waals surface area (Å²) < 4.78 is 11.0. The van der Waals surface area contributed by atoms with Crippen molar-refractivity contribution in [1.82, 2.24) is 4.98 Å². The van der Waals surface area contributed by atoms with Crippen molar-refractivity contribution in [3.63, 3.8) is 0 Å². The lowest BCUT2D eigenvalue weighted by Crippen LogP contribution is -2.38. The van der Waals surface area contributed by atoms with E-state index in [1.807, 2.05) is 26.2 Å². The van der Waals surface area contributed by atoms with Crippen LogP contribution < -0.4 is 15.9 Å². The molecule has 0 bridgehead atoms. The number of aryl methyl sites for hydroxylation is 2. The number of nitrogens with zero attached hydrogens (tertiary/aromatic N) is 1. The Labute approximate surface area is 154 Å². The fraction of sp³-hybridized carbons (Fsp3) is 0.316. The van der Waals surface area contributed by atoms with Crippen molar-refractivity contribution in [2.24, 2.45) is 11.7 Å². The van der Waals surface area contributed by atoms with Gasteiger partial charge in [0.1, 0.15) is 28.6 Å². The third-order valence-electron chi connectivity index (χ3n) is 4.11. The SMILES string of the molecule is Cc1csc(-c2coc3cc(OC(=O)C(N)C(C)C)cc(C)c3c2=O)n1. The lowest BCUT2D eigenvalue weighted by molar-refractivity contribution is -0.136. The van der Waals surface area contributed by atoms with Crippen LogP contribution in [0.4, 0.5) is 0 Å². The van der Waals surface area contributed by atoms with Crippen molar-refractivity contribution in [2.75, 3.05) is 0 Å². The number of carbonyl (C=O) groups is 1. The first kappa shape index (κ1) is 18.3.